The van der Waals surface area contributed by atoms with Crippen LogP contribution < -0.4 is 5.32 Å². The molecule has 1 saturated carbocycles. The summed E-state index contributed by atoms with van der Waals surface area (Å²) in [5.74, 6) is 0.960. The first kappa shape index (κ1) is 14.9. The van der Waals surface area contributed by atoms with Gasteiger partial charge in [0.1, 0.15) is 0 Å². The van der Waals surface area contributed by atoms with Crippen LogP contribution in [0.2, 0.25) is 0 Å². The van der Waals surface area contributed by atoms with E-state index in [0.29, 0.717) is 5.54 Å². The summed E-state index contributed by atoms with van der Waals surface area (Å²) in [6, 6.07) is 10.4. The van der Waals surface area contributed by atoms with E-state index in [0.717, 1.165) is 19.0 Å². The summed E-state index contributed by atoms with van der Waals surface area (Å²) in [5, 5.41) is 3.51. The molecule has 0 radical (unpaired) electrons. The van der Waals surface area contributed by atoms with Gasteiger partial charge >= 0.3 is 0 Å². The standard InChI is InChI=1S/C16H26N4/c1-19(2)15(17-12-14-8-6-5-7-9-14)18-13-16(10-11-16)20(3)4/h5-9H,10-13H2,1-4H3,(H,17,18). The molecule has 0 atom stereocenters. The minimum atomic E-state index is 0.337. The van der Waals surface area contributed by atoms with Crippen molar-refractivity contribution in [3.8, 4) is 0 Å². The van der Waals surface area contributed by atoms with Gasteiger partial charge in [-0.2, -0.15) is 0 Å². The zero-order valence-corrected chi connectivity index (χ0v) is 13.1. The maximum absolute atomic E-state index is 4.70. The molecule has 0 bridgehead atoms. The SMILES string of the molecule is CN(C)C(=NCc1ccccc1)NCC1(N(C)C)CC1. The van der Waals surface area contributed by atoms with Gasteiger partial charge in [0.15, 0.2) is 5.96 Å². The number of rotatable bonds is 5. The number of hydrogen-bond acceptors (Lipinski definition) is 2. The van der Waals surface area contributed by atoms with Crippen LogP contribution in [0.3, 0.4) is 0 Å². The highest BCUT2D eigenvalue weighted by Gasteiger charge is 2.44. The smallest absolute Gasteiger partial charge is 0.193 e. The summed E-state index contributed by atoms with van der Waals surface area (Å²) >= 11 is 0. The molecule has 0 aromatic heterocycles. The van der Waals surface area contributed by atoms with Gasteiger partial charge in [-0.25, -0.2) is 4.99 Å². The molecular weight excluding hydrogens is 248 g/mol. The molecule has 0 spiro atoms. The predicted octanol–water partition coefficient (Wildman–Crippen LogP) is 1.79. The second-order valence-corrected chi connectivity index (χ2v) is 5.99. The number of aliphatic imine (C=N–C) groups is 1. The lowest BCUT2D eigenvalue weighted by molar-refractivity contribution is 0.269. The Labute approximate surface area is 122 Å². The zero-order chi connectivity index (χ0) is 14.6. The fourth-order valence-corrected chi connectivity index (χ4v) is 2.28. The van der Waals surface area contributed by atoms with Gasteiger partial charge in [0.25, 0.3) is 0 Å². The number of nitrogens with one attached hydrogen (secondary N) is 1. The van der Waals surface area contributed by atoms with Crippen molar-refractivity contribution >= 4 is 5.96 Å². The van der Waals surface area contributed by atoms with Crippen LogP contribution in [0.1, 0.15) is 18.4 Å². The van der Waals surface area contributed by atoms with E-state index in [2.05, 4.69) is 53.5 Å². The maximum atomic E-state index is 4.70. The molecule has 0 heterocycles. The molecular formula is C16H26N4. The van der Waals surface area contributed by atoms with Crippen molar-refractivity contribution in [3.63, 3.8) is 0 Å². The van der Waals surface area contributed by atoms with Crippen molar-refractivity contribution in [1.29, 1.82) is 0 Å². The lowest BCUT2D eigenvalue weighted by Gasteiger charge is -2.26. The van der Waals surface area contributed by atoms with Crippen LogP contribution in [0.25, 0.3) is 0 Å². The molecule has 0 unspecified atom stereocenters. The van der Waals surface area contributed by atoms with Gasteiger partial charge in [0.05, 0.1) is 6.54 Å². The number of guanidine groups is 1. The molecule has 1 fully saturated rings. The normalized spacial score (nSPS) is 17.1. The van der Waals surface area contributed by atoms with E-state index in [4.69, 9.17) is 4.99 Å². The van der Waals surface area contributed by atoms with Crippen molar-refractivity contribution in [2.24, 2.45) is 4.99 Å². The molecule has 4 heteroatoms. The minimum Gasteiger partial charge on any atom is -0.354 e. The van der Waals surface area contributed by atoms with E-state index in [1.807, 2.05) is 20.2 Å². The summed E-state index contributed by atoms with van der Waals surface area (Å²) in [7, 11) is 8.38. The molecule has 1 aromatic carbocycles. The van der Waals surface area contributed by atoms with Crippen molar-refractivity contribution in [3.05, 3.63) is 35.9 Å². The molecule has 110 valence electrons. The lowest BCUT2D eigenvalue weighted by atomic mass is 10.2. The van der Waals surface area contributed by atoms with Crippen LogP contribution in [0.4, 0.5) is 0 Å². The Morgan fingerprint density at radius 2 is 1.80 bits per heavy atom. The van der Waals surface area contributed by atoms with Gasteiger partial charge in [0.2, 0.25) is 0 Å². The fraction of sp³-hybridized carbons (Fsp3) is 0.562. The van der Waals surface area contributed by atoms with Crippen LogP contribution in [0, 0.1) is 0 Å². The molecule has 20 heavy (non-hydrogen) atoms. The second-order valence-electron chi connectivity index (χ2n) is 5.99. The van der Waals surface area contributed by atoms with Crippen molar-refractivity contribution in [1.82, 2.24) is 15.1 Å². The molecule has 1 aromatic rings. The topological polar surface area (TPSA) is 30.9 Å². The van der Waals surface area contributed by atoms with E-state index in [1.54, 1.807) is 0 Å². The monoisotopic (exact) mass is 274 g/mol. The third-order valence-corrected chi connectivity index (χ3v) is 4.03. The molecule has 0 amide bonds. The van der Waals surface area contributed by atoms with E-state index < -0.39 is 0 Å². The van der Waals surface area contributed by atoms with Crippen LogP contribution >= 0.6 is 0 Å². The van der Waals surface area contributed by atoms with Crippen molar-refractivity contribution in [2.45, 2.75) is 24.9 Å². The average Bonchev–Trinajstić information content (AvgIpc) is 3.20. The Morgan fingerprint density at radius 1 is 1.15 bits per heavy atom. The molecule has 1 aliphatic carbocycles. The first-order chi connectivity index (χ1) is 9.53. The Bertz CT molecular complexity index is 447. The van der Waals surface area contributed by atoms with Crippen molar-refractivity contribution < 1.29 is 0 Å². The fourth-order valence-electron chi connectivity index (χ4n) is 2.28. The summed E-state index contributed by atoms with van der Waals surface area (Å²) in [6.45, 7) is 1.68. The lowest BCUT2D eigenvalue weighted by Crippen LogP contribution is -2.46. The second kappa shape index (κ2) is 6.27. The van der Waals surface area contributed by atoms with Gasteiger partial charge in [-0.1, -0.05) is 30.3 Å². The number of benzene rings is 1. The first-order valence-corrected chi connectivity index (χ1v) is 7.20. The highest BCUT2D eigenvalue weighted by Crippen LogP contribution is 2.39. The van der Waals surface area contributed by atoms with E-state index in [9.17, 15) is 0 Å². The first-order valence-electron chi connectivity index (χ1n) is 7.20. The quantitative estimate of drug-likeness (QED) is 0.656. The Kier molecular flexibility index (Phi) is 4.65. The number of hydrogen-bond donors (Lipinski definition) is 1. The summed E-state index contributed by atoms with van der Waals surface area (Å²) in [4.78, 5) is 9.07. The predicted molar refractivity (Wildman–Crippen MR) is 84.9 cm³/mol. The molecule has 4 nitrogen and oxygen atoms in total. The highest BCUT2D eigenvalue weighted by molar-refractivity contribution is 5.79. The van der Waals surface area contributed by atoms with E-state index >= 15 is 0 Å². The molecule has 1 N–H and O–H groups in total. The van der Waals surface area contributed by atoms with Gasteiger partial charge in [-0.3, -0.25) is 0 Å². The van der Waals surface area contributed by atoms with Gasteiger partial charge in [0, 0.05) is 26.2 Å². The Morgan fingerprint density at radius 3 is 2.30 bits per heavy atom. The third-order valence-electron chi connectivity index (χ3n) is 4.03. The highest BCUT2D eigenvalue weighted by atomic mass is 15.3. The maximum Gasteiger partial charge on any atom is 0.193 e. The summed E-state index contributed by atoms with van der Waals surface area (Å²) in [5.41, 5.74) is 1.58. The van der Waals surface area contributed by atoms with E-state index in [1.165, 1.54) is 18.4 Å². The largest absolute Gasteiger partial charge is 0.354 e. The summed E-state index contributed by atoms with van der Waals surface area (Å²) in [6.07, 6.45) is 2.54. The summed E-state index contributed by atoms with van der Waals surface area (Å²) < 4.78 is 0. The molecule has 2 rings (SSSR count). The van der Waals surface area contributed by atoms with Crippen LogP contribution in [-0.4, -0.2) is 56.0 Å². The van der Waals surface area contributed by atoms with Crippen molar-refractivity contribution in [2.75, 3.05) is 34.7 Å². The number of nitrogens with zero attached hydrogens (tertiary/aromatic N) is 3. The van der Waals surface area contributed by atoms with Crippen LogP contribution in [-0.2, 0) is 6.54 Å². The third kappa shape index (κ3) is 3.73. The van der Waals surface area contributed by atoms with Crippen LogP contribution in [0.5, 0.6) is 0 Å². The van der Waals surface area contributed by atoms with Gasteiger partial charge in [-0.15, -0.1) is 0 Å². The van der Waals surface area contributed by atoms with Gasteiger partial charge < -0.3 is 15.1 Å². The Hall–Kier alpha value is -1.55. The Balaban J connectivity index is 1.94. The van der Waals surface area contributed by atoms with Crippen LogP contribution in [0.15, 0.2) is 35.3 Å². The molecule has 0 saturated heterocycles. The molecule has 0 aliphatic heterocycles. The minimum absolute atomic E-state index is 0.337. The number of likely N-dealkylation sites (N-methyl/N-ethyl adjacent to an activating group) is 1. The van der Waals surface area contributed by atoms with E-state index in [-0.39, 0.29) is 0 Å². The molecule has 1 aliphatic rings. The van der Waals surface area contributed by atoms with Gasteiger partial charge in [-0.05, 0) is 32.5 Å². The average molecular weight is 274 g/mol. The zero-order valence-electron chi connectivity index (χ0n) is 13.1.